The van der Waals surface area contributed by atoms with Crippen molar-refractivity contribution in [1.82, 2.24) is 19.3 Å². The van der Waals surface area contributed by atoms with Crippen LogP contribution in [-0.4, -0.2) is 19.3 Å². The van der Waals surface area contributed by atoms with Gasteiger partial charge in [-0.2, -0.15) is 0 Å². The highest BCUT2D eigenvalue weighted by Gasteiger charge is 2.19. The second kappa shape index (κ2) is 13.8. The van der Waals surface area contributed by atoms with E-state index in [0.717, 1.165) is 57.6 Å². The predicted octanol–water partition coefficient (Wildman–Crippen LogP) is 12.7. The Hall–Kier alpha value is -6.72. The average molecular weight is 686 g/mol. The molecule has 0 aliphatic carbocycles. The first-order valence-electron chi connectivity index (χ1n) is 18.3. The molecule has 256 valence electrons. The molecule has 1 unspecified atom stereocenters. The normalized spacial score (nSPS) is 12.0. The van der Waals surface area contributed by atoms with Crippen LogP contribution in [0.5, 0.6) is 0 Å². The lowest BCUT2D eigenvalue weighted by Gasteiger charge is -2.26. The average Bonchev–Trinajstić information content (AvgIpc) is 3.82. The molecule has 0 aliphatic heterocycles. The Bertz CT molecular complexity index is 2580. The highest BCUT2D eigenvalue weighted by Crippen LogP contribution is 2.38. The monoisotopic (exact) mass is 685 g/mol. The van der Waals surface area contributed by atoms with Crippen LogP contribution in [0.3, 0.4) is 0 Å². The summed E-state index contributed by atoms with van der Waals surface area (Å²) in [6, 6.07) is 64.5. The van der Waals surface area contributed by atoms with Gasteiger partial charge in [0.1, 0.15) is 0 Å². The Balaban J connectivity index is 1.11. The van der Waals surface area contributed by atoms with Gasteiger partial charge in [-0.05, 0) is 103 Å². The third kappa shape index (κ3) is 5.86. The molecule has 0 amide bonds. The van der Waals surface area contributed by atoms with E-state index in [1.807, 2.05) is 18.2 Å². The molecule has 7 aromatic carbocycles. The fourth-order valence-electron chi connectivity index (χ4n) is 7.41. The lowest BCUT2D eigenvalue weighted by atomic mass is 9.98. The molecule has 0 aliphatic rings. The molecule has 9 rings (SSSR count). The van der Waals surface area contributed by atoms with E-state index < -0.39 is 0 Å². The van der Waals surface area contributed by atoms with E-state index >= 15 is 0 Å². The molecule has 0 fully saturated rings. The van der Waals surface area contributed by atoms with Gasteiger partial charge in [-0.1, -0.05) is 111 Å². The van der Waals surface area contributed by atoms with Crippen LogP contribution < -0.4 is 4.90 Å². The zero-order valence-electron chi connectivity index (χ0n) is 29.8. The molecule has 0 saturated carbocycles. The van der Waals surface area contributed by atoms with Crippen LogP contribution in [0, 0.1) is 0 Å². The van der Waals surface area contributed by atoms with Crippen LogP contribution >= 0.6 is 0 Å². The summed E-state index contributed by atoms with van der Waals surface area (Å²) in [7, 11) is 0. The van der Waals surface area contributed by atoms with Crippen molar-refractivity contribution in [1.29, 1.82) is 0 Å². The van der Waals surface area contributed by atoms with Crippen molar-refractivity contribution in [3.63, 3.8) is 0 Å². The molecule has 53 heavy (non-hydrogen) atoms. The number of hydrogen-bond acceptors (Lipinski definition) is 3. The Labute approximate surface area is 310 Å². The van der Waals surface area contributed by atoms with Gasteiger partial charge >= 0.3 is 0 Å². The summed E-state index contributed by atoms with van der Waals surface area (Å²) in [5.74, 6) is 2.12. The molecule has 2 aromatic heterocycles. The van der Waals surface area contributed by atoms with E-state index in [1.165, 1.54) is 27.4 Å². The van der Waals surface area contributed by atoms with Crippen LogP contribution in [0.2, 0.25) is 0 Å². The Kier molecular flexibility index (Phi) is 8.37. The number of aromatic nitrogens is 4. The summed E-state index contributed by atoms with van der Waals surface area (Å²) in [4.78, 5) is 2.30. The quantitative estimate of drug-likeness (QED) is 0.152. The number of rotatable bonds is 9. The maximum atomic E-state index is 4.78. The van der Waals surface area contributed by atoms with Gasteiger partial charge in [0.15, 0.2) is 11.6 Å². The van der Waals surface area contributed by atoms with Crippen molar-refractivity contribution in [3.8, 4) is 34.2 Å². The van der Waals surface area contributed by atoms with Gasteiger partial charge in [0, 0.05) is 50.3 Å². The van der Waals surface area contributed by atoms with Crippen LogP contribution in [-0.2, 0) is 0 Å². The minimum Gasteiger partial charge on any atom is -0.311 e. The molecule has 5 nitrogen and oxygen atoms in total. The van der Waals surface area contributed by atoms with Crippen molar-refractivity contribution in [2.75, 3.05) is 4.90 Å². The van der Waals surface area contributed by atoms with E-state index in [0.29, 0.717) is 5.92 Å². The summed E-state index contributed by atoms with van der Waals surface area (Å²) in [6.07, 6.45) is 1.10. The number of anilines is 3. The maximum absolute atomic E-state index is 4.78. The number of benzene rings is 7. The van der Waals surface area contributed by atoms with Crippen LogP contribution in [0.4, 0.5) is 17.1 Å². The topological polar surface area (TPSA) is 38.9 Å². The minimum atomic E-state index is 0.503. The van der Waals surface area contributed by atoms with Crippen molar-refractivity contribution >= 4 is 38.9 Å². The summed E-state index contributed by atoms with van der Waals surface area (Å²) < 4.78 is 4.53. The molecule has 2 heterocycles. The lowest BCUT2D eigenvalue weighted by molar-refractivity contribution is 0.733. The first-order valence-corrected chi connectivity index (χ1v) is 18.3. The summed E-state index contributed by atoms with van der Waals surface area (Å²) in [6.45, 7) is 4.50. The molecule has 0 spiro atoms. The highest BCUT2D eigenvalue weighted by molar-refractivity contribution is 6.09. The molecular formula is C48H39N5. The lowest BCUT2D eigenvalue weighted by Crippen LogP contribution is -2.10. The van der Waals surface area contributed by atoms with E-state index in [9.17, 15) is 0 Å². The zero-order chi connectivity index (χ0) is 35.7. The van der Waals surface area contributed by atoms with Crippen LogP contribution in [0.25, 0.3) is 56.0 Å². The maximum Gasteiger partial charge on any atom is 0.168 e. The van der Waals surface area contributed by atoms with Crippen LogP contribution in [0.1, 0.15) is 31.7 Å². The Morgan fingerprint density at radius 1 is 0.453 bits per heavy atom. The number of para-hydroxylation sites is 3. The smallest absolute Gasteiger partial charge is 0.168 e. The molecule has 0 saturated heterocycles. The minimum absolute atomic E-state index is 0.503. The third-order valence-electron chi connectivity index (χ3n) is 10.4. The van der Waals surface area contributed by atoms with Gasteiger partial charge in [-0.15, -0.1) is 10.2 Å². The molecule has 0 radical (unpaired) electrons. The fraction of sp³-hybridized carbons (Fsp3) is 0.0833. The summed E-state index contributed by atoms with van der Waals surface area (Å²) in [5, 5.41) is 12.0. The second-order valence-corrected chi connectivity index (χ2v) is 13.6. The molecular weight excluding hydrogens is 647 g/mol. The fourth-order valence-corrected chi connectivity index (χ4v) is 7.41. The third-order valence-corrected chi connectivity index (χ3v) is 10.4. The van der Waals surface area contributed by atoms with Gasteiger partial charge in [0.05, 0.1) is 11.0 Å². The Morgan fingerprint density at radius 2 is 0.887 bits per heavy atom. The van der Waals surface area contributed by atoms with Crippen molar-refractivity contribution < 1.29 is 0 Å². The van der Waals surface area contributed by atoms with E-state index in [1.54, 1.807) is 0 Å². The SMILES string of the molecule is CCC(C)c1ccc(-n2c(-c3ccccc3)nnc2-c2ccc(N(c3ccccc3)c3ccc(-n4c5ccccc5c5ccccc54)cc3)cc2)cc1. The molecule has 0 N–H and O–H groups in total. The highest BCUT2D eigenvalue weighted by atomic mass is 15.3. The summed E-state index contributed by atoms with van der Waals surface area (Å²) in [5.41, 5.74) is 11.1. The standard InChI is InChI=1S/C48H39N5/c1-3-34(2)35-22-26-42(27-23-35)53-47(36-14-6-4-7-15-36)49-50-48(53)37-24-28-39(29-25-37)51(38-16-8-5-9-17-38)40-30-32-41(33-31-40)52-45-20-12-10-18-43(45)44-19-11-13-21-46(44)52/h4-34H,3H2,1-2H3. The van der Waals surface area contributed by atoms with Crippen LogP contribution in [0.15, 0.2) is 182 Å². The second-order valence-electron chi connectivity index (χ2n) is 13.6. The van der Waals surface area contributed by atoms with Crippen molar-refractivity contribution in [2.45, 2.75) is 26.2 Å². The van der Waals surface area contributed by atoms with Gasteiger partial charge in [-0.3, -0.25) is 4.57 Å². The molecule has 1 atom stereocenters. The molecule has 5 heteroatoms. The van der Waals surface area contributed by atoms with Gasteiger partial charge in [-0.25, -0.2) is 0 Å². The number of nitrogens with zero attached hydrogens (tertiary/aromatic N) is 5. The Morgan fingerprint density at radius 3 is 1.45 bits per heavy atom. The largest absolute Gasteiger partial charge is 0.311 e. The first-order chi connectivity index (χ1) is 26.2. The van der Waals surface area contributed by atoms with Gasteiger partial charge in [0.2, 0.25) is 0 Å². The van der Waals surface area contributed by atoms with Crippen molar-refractivity contribution in [2.24, 2.45) is 0 Å². The van der Waals surface area contributed by atoms with E-state index in [-0.39, 0.29) is 0 Å². The molecule has 0 bridgehead atoms. The van der Waals surface area contributed by atoms with Crippen molar-refractivity contribution in [3.05, 3.63) is 188 Å². The number of hydrogen-bond donors (Lipinski definition) is 0. The first kappa shape index (κ1) is 32.2. The van der Waals surface area contributed by atoms with E-state index in [2.05, 4.69) is 192 Å². The van der Waals surface area contributed by atoms with Gasteiger partial charge in [0.25, 0.3) is 0 Å². The summed E-state index contributed by atoms with van der Waals surface area (Å²) >= 11 is 0. The predicted molar refractivity (Wildman–Crippen MR) is 220 cm³/mol. The zero-order valence-corrected chi connectivity index (χ0v) is 29.8. The molecule has 9 aromatic rings. The van der Waals surface area contributed by atoms with E-state index in [4.69, 9.17) is 10.2 Å². The van der Waals surface area contributed by atoms with Gasteiger partial charge < -0.3 is 9.47 Å². The number of fused-ring (bicyclic) bond motifs is 3.